The number of piperidine rings is 1. The number of benzene rings is 1. The van der Waals surface area contributed by atoms with Crippen LogP contribution in [0.4, 0.5) is 0 Å². The number of amides is 1. The average molecular weight is 470 g/mol. The number of aryl methyl sites for hydroxylation is 1. The van der Waals surface area contributed by atoms with Gasteiger partial charge in [0, 0.05) is 38.2 Å². The summed E-state index contributed by atoms with van der Waals surface area (Å²) >= 11 is 0. The summed E-state index contributed by atoms with van der Waals surface area (Å²) in [7, 11) is 0. The molecule has 1 saturated heterocycles. The van der Waals surface area contributed by atoms with Crippen molar-refractivity contribution in [3.8, 4) is 11.6 Å². The van der Waals surface area contributed by atoms with Crippen LogP contribution in [0.1, 0.15) is 38.2 Å². The van der Waals surface area contributed by atoms with E-state index in [1.807, 2.05) is 54.9 Å². The number of aliphatic hydroxyl groups is 1. The zero-order valence-corrected chi connectivity index (χ0v) is 19.7. The van der Waals surface area contributed by atoms with Gasteiger partial charge in [-0.05, 0) is 49.9 Å². The predicted octanol–water partition coefficient (Wildman–Crippen LogP) is 3.34. The van der Waals surface area contributed by atoms with E-state index in [2.05, 4.69) is 11.6 Å². The van der Waals surface area contributed by atoms with E-state index in [1.165, 1.54) is 0 Å². The summed E-state index contributed by atoms with van der Waals surface area (Å²) in [6.07, 6.45) is 3.83. The Morgan fingerprint density at radius 1 is 1.24 bits per heavy atom. The first-order chi connectivity index (χ1) is 16.5. The average Bonchev–Trinajstić information content (AvgIpc) is 2.87. The molecule has 1 amide bonds. The zero-order valence-electron chi connectivity index (χ0n) is 19.7. The van der Waals surface area contributed by atoms with Gasteiger partial charge in [-0.2, -0.15) is 0 Å². The van der Waals surface area contributed by atoms with E-state index in [0.29, 0.717) is 51.3 Å². The smallest absolute Gasteiger partial charge is 0.228 e. The molecule has 3 N–H and O–H groups in total. The Hall–Kier alpha value is -3.10. The van der Waals surface area contributed by atoms with Gasteiger partial charge in [-0.25, -0.2) is 4.98 Å². The maximum absolute atomic E-state index is 13.3. The lowest BCUT2D eigenvalue weighted by atomic mass is 9.91. The molecule has 0 unspecified atom stereocenters. The number of aliphatic hydroxyl groups excluding tert-OH is 1. The third-order valence-corrected chi connectivity index (χ3v) is 6.09. The van der Waals surface area contributed by atoms with Crippen LogP contribution < -0.4 is 15.0 Å². The number of hydrogen-bond donors (Lipinski definition) is 3. The molecule has 8 nitrogen and oxygen atoms in total. The molecule has 1 aromatic heterocycles. The number of ether oxygens (including phenoxy) is 2. The molecule has 1 aromatic carbocycles. The van der Waals surface area contributed by atoms with Crippen LogP contribution in [0.25, 0.3) is 0 Å². The highest BCUT2D eigenvalue weighted by atomic mass is 16.5. The molecule has 0 spiro atoms. The lowest BCUT2D eigenvalue weighted by Gasteiger charge is -2.35. The third-order valence-electron chi connectivity index (χ3n) is 6.09. The number of hydrogen-bond acceptors (Lipinski definition) is 7. The molecule has 1 aliphatic rings. The predicted molar refractivity (Wildman–Crippen MR) is 129 cm³/mol. The van der Waals surface area contributed by atoms with Crippen LogP contribution >= 0.6 is 0 Å². The van der Waals surface area contributed by atoms with Crippen molar-refractivity contribution in [2.75, 3.05) is 19.7 Å². The largest absolute Gasteiger partial charge is 0.494 e. The molecule has 1 fully saturated rings. The Morgan fingerprint density at radius 2 is 1.97 bits per heavy atom. The number of hydroxylamine groups is 1. The number of pyridine rings is 1. The molecule has 34 heavy (non-hydrogen) atoms. The summed E-state index contributed by atoms with van der Waals surface area (Å²) in [5, 5.41) is 19.9. The number of nitrogens with one attached hydrogen (secondary N) is 1. The minimum atomic E-state index is -1.18. The molecule has 2 atom stereocenters. The molecule has 8 heteroatoms. The van der Waals surface area contributed by atoms with Crippen LogP contribution in [0.3, 0.4) is 0 Å². The van der Waals surface area contributed by atoms with E-state index < -0.39 is 12.0 Å². The summed E-state index contributed by atoms with van der Waals surface area (Å²) in [6, 6.07) is 13.4. The summed E-state index contributed by atoms with van der Waals surface area (Å²) in [5.74, 6) is 0.589. The minimum absolute atomic E-state index is 0.00365. The van der Waals surface area contributed by atoms with Gasteiger partial charge in [0.25, 0.3) is 0 Å². The van der Waals surface area contributed by atoms with Crippen LogP contribution in [-0.4, -0.2) is 58.0 Å². The molecule has 184 valence electrons. The Bertz CT molecular complexity index is 898. The second kappa shape index (κ2) is 13.0. The van der Waals surface area contributed by atoms with Gasteiger partial charge in [0.05, 0.1) is 18.2 Å². The van der Waals surface area contributed by atoms with Crippen molar-refractivity contribution < 1.29 is 24.6 Å². The maximum atomic E-state index is 13.3. The Kier molecular flexibility index (Phi) is 9.73. The molecule has 0 saturated carbocycles. The molecular weight excluding hydrogens is 434 g/mol. The number of aromatic nitrogens is 1. The summed E-state index contributed by atoms with van der Waals surface area (Å²) in [5.41, 5.74) is 3.06. The van der Waals surface area contributed by atoms with Crippen molar-refractivity contribution in [3.63, 3.8) is 0 Å². The van der Waals surface area contributed by atoms with Crippen LogP contribution in [-0.2, 0) is 11.2 Å². The highest BCUT2D eigenvalue weighted by Gasteiger charge is 2.34. The van der Waals surface area contributed by atoms with Gasteiger partial charge in [-0.1, -0.05) is 24.8 Å². The third kappa shape index (κ3) is 7.20. The van der Waals surface area contributed by atoms with Crippen molar-refractivity contribution >= 4 is 5.91 Å². The van der Waals surface area contributed by atoms with Gasteiger partial charge in [-0.3, -0.25) is 15.5 Å². The lowest BCUT2D eigenvalue weighted by Crippen LogP contribution is -2.47. The Labute approximate surface area is 201 Å². The Balaban J connectivity index is 1.55. The fourth-order valence-electron chi connectivity index (χ4n) is 4.19. The maximum Gasteiger partial charge on any atom is 0.228 e. The van der Waals surface area contributed by atoms with Crippen molar-refractivity contribution in [2.45, 2.75) is 51.2 Å². The van der Waals surface area contributed by atoms with Gasteiger partial charge in [0.2, 0.25) is 11.8 Å². The van der Waals surface area contributed by atoms with Gasteiger partial charge in [-0.15, -0.1) is 0 Å². The molecular formula is C26H35N3O5. The monoisotopic (exact) mass is 469 g/mol. The second-order valence-electron chi connectivity index (χ2n) is 8.47. The Morgan fingerprint density at radius 3 is 2.59 bits per heavy atom. The van der Waals surface area contributed by atoms with Crippen molar-refractivity contribution in [3.05, 3.63) is 66.5 Å². The standard InChI is InChI=1S/C26H35N3O5/c1-3-33-21-12-10-20(11-13-21)7-6-8-23(25(30)19(2)28-32)26(31)29-17-14-22(15-18-29)34-24-9-4-5-16-27-24/h4-5,9-13,16,22-23,25,28,30,32H,2-3,6-8,14-15,17-18H2,1H3/t23-,25-/m1/s1. The molecule has 3 rings (SSSR count). The molecule has 2 heterocycles. The van der Waals surface area contributed by atoms with Crippen LogP contribution in [0, 0.1) is 5.92 Å². The fraction of sp³-hybridized carbons (Fsp3) is 0.462. The summed E-state index contributed by atoms with van der Waals surface area (Å²) in [6.45, 7) is 7.30. The van der Waals surface area contributed by atoms with E-state index in [9.17, 15) is 15.1 Å². The van der Waals surface area contributed by atoms with Gasteiger partial charge in [0.15, 0.2) is 0 Å². The number of likely N-dealkylation sites (tertiary alicyclic amines) is 1. The highest BCUT2D eigenvalue weighted by molar-refractivity contribution is 5.80. The first kappa shape index (κ1) is 25.5. The van der Waals surface area contributed by atoms with Crippen LogP contribution in [0.2, 0.25) is 0 Å². The molecule has 0 bridgehead atoms. The van der Waals surface area contributed by atoms with Crippen molar-refractivity contribution in [1.82, 2.24) is 15.4 Å². The van der Waals surface area contributed by atoms with E-state index >= 15 is 0 Å². The van der Waals surface area contributed by atoms with E-state index in [-0.39, 0.29) is 17.7 Å². The topological polar surface area (TPSA) is 104 Å². The number of carbonyl (C=O) groups is 1. The molecule has 2 aromatic rings. The highest BCUT2D eigenvalue weighted by Crippen LogP contribution is 2.24. The van der Waals surface area contributed by atoms with Crippen molar-refractivity contribution in [2.24, 2.45) is 5.92 Å². The SMILES string of the molecule is C=C(NO)[C@@H](O)[C@@H](CCCc1ccc(OCC)cc1)C(=O)N1CCC(Oc2ccccn2)CC1. The molecule has 0 aliphatic carbocycles. The summed E-state index contributed by atoms with van der Waals surface area (Å²) in [4.78, 5) is 19.3. The van der Waals surface area contributed by atoms with E-state index in [4.69, 9.17) is 9.47 Å². The van der Waals surface area contributed by atoms with Gasteiger partial charge in [0.1, 0.15) is 18.0 Å². The number of carbonyl (C=O) groups excluding carboxylic acids is 1. The number of rotatable bonds is 12. The zero-order chi connectivity index (χ0) is 24.3. The normalized spacial score (nSPS) is 15.9. The minimum Gasteiger partial charge on any atom is -0.494 e. The van der Waals surface area contributed by atoms with E-state index in [0.717, 1.165) is 17.7 Å². The van der Waals surface area contributed by atoms with Gasteiger partial charge >= 0.3 is 0 Å². The van der Waals surface area contributed by atoms with Crippen LogP contribution in [0.5, 0.6) is 11.6 Å². The van der Waals surface area contributed by atoms with Crippen LogP contribution in [0.15, 0.2) is 60.9 Å². The second-order valence-corrected chi connectivity index (χ2v) is 8.47. The van der Waals surface area contributed by atoms with E-state index in [1.54, 1.807) is 11.1 Å². The molecule has 1 aliphatic heterocycles. The first-order valence-electron chi connectivity index (χ1n) is 11.9. The first-order valence-corrected chi connectivity index (χ1v) is 11.9. The fourth-order valence-corrected chi connectivity index (χ4v) is 4.19. The molecule has 0 radical (unpaired) electrons. The lowest BCUT2D eigenvalue weighted by molar-refractivity contribution is -0.141. The van der Waals surface area contributed by atoms with Crippen molar-refractivity contribution in [1.29, 1.82) is 0 Å². The van der Waals surface area contributed by atoms with Gasteiger partial charge < -0.3 is 19.5 Å². The number of nitrogens with zero attached hydrogens (tertiary/aromatic N) is 2. The summed E-state index contributed by atoms with van der Waals surface area (Å²) < 4.78 is 11.4. The quantitative estimate of drug-likeness (QED) is 0.410.